The van der Waals surface area contributed by atoms with Crippen molar-refractivity contribution < 1.29 is 26.4 Å². The Balaban J connectivity index is 1.48. The molecule has 1 amide bonds. The van der Waals surface area contributed by atoms with Gasteiger partial charge < -0.3 is 5.32 Å². The van der Waals surface area contributed by atoms with Gasteiger partial charge in [-0.1, -0.05) is 30.3 Å². The Bertz CT molecular complexity index is 970. The zero-order chi connectivity index (χ0) is 22.4. The van der Waals surface area contributed by atoms with E-state index in [2.05, 4.69) is 10.3 Å². The van der Waals surface area contributed by atoms with Gasteiger partial charge in [-0.05, 0) is 54.9 Å². The van der Waals surface area contributed by atoms with E-state index in [9.17, 15) is 26.4 Å². The van der Waals surface area contributed by atoms with Crippen molar-refractivity contribution in [2.24, 2.45) is 0 Å². The second kappa shape index (κ2) is 10.2. The predicted octanol–water partition coefficient (Wildman–Crippen LogP) is 2.88. The Morgan fingerprint density at radius 1 is 1.13 bits per heavy atom. The Kier molecular flexibility index (Phi) is 7.66. The summed E-state index contributed by atoms with van der Waals surface area (Å²) in [6, 6.07) is 9.48. The number of carbonyl (C=O) groups excluding carboxylic acids is 1. The first-order valence-corrected chi connectivity index (χ1v) is 11.2. The lowest BCUT2D eigenvalue weighted by molar-refractivity contribution is -0.141. The first-order valence-electron chi connectivity index (χ1n) is 10.0. The number of aryl methyl sites for hydroxylation is 2. The minimum Gasteiger partial charge on any atom is -0.351 e. The quantitative estimate of drug-likeness (QED) is 0.600. The van der Waals surface area contributed by atoms with E-state index in [0.29, 0.717) is 32.4 Å². The van der Waals surface area contributed by atoms with Crippen molar-refractivity contribution in [3.8, 4) is 0 Å². The number of thiol groups is 1. The van der Waals surface area contributed by atoms with Crippen LogP contribution in [0.1, 0.15) is 41.6 Å². The molecular weight excluding hydrogens is 431 g/mol. The highest BCUT2D eigenvalue weighted by molar-refractivity contribution is 7.69. The Hall–Kier alpha value is -2.46. The number of pyridine rings is 1. The molecule has 31 heavy (non-hydrogen) atoms. The van der Waals surface area contributed by atoms with Crippen molar-refractivity contribution in [1.29, 1.82) is 0 Å². The summed E-state index contributed by atoms with van der Waals surface area (Å²) >= 11 is 0. The molecule has 1 N–H and O–H groups in total. The largest absolute Gasteiger partial charge is 0.433 e. The van der Waals surface area contributed by atoms with Crippen molar-refractivity contribution in [3.05, 3.63) is 65.0 Å². The summed E-state index contributed by atoms with van der Waals surface area (Å²) < 4.78 is 61.4. The lowest BCUT2D eigenvalue weighted by Crippen LogP contribution is -2.42. The average Bonchev–Trinajstić information content (AvgIpc) is 3.23. The molecule has 2 heterocycles. The molecule has 1 saturated heterocycles. The third kappa shape index (κ3) is 6.51. The van der Waals surface area contributed by atoms with Gasteiger partial charge in [-0.15, -0.1) is 0 Å². The number of rotatable bonds is 8. The van der Waals surface area contributed by atoms with E-state index in [1.54, 1.807) is 0 Å². The summed E-state index contributed by atoms with van der Waals surface area (Å²) in [7, 11) is -2.77. The zero-order valence-electron chi connectivity index (χ0n) is 16.8. The zero-order valence-corrected chi connectivity index (χ0v) is 17.7. The third-order valence-corrected chi connectivity index (χ3v) is 6.14. The van der Waals surface area contributed by atoms with Crippen LogP contribution in [0.25, 0.3) is 0 Å². The molecule has 0 spiro atoms. The highest BCUT2D eigenvalue weighted by Gasteiger charge is 2.32. The molecule has 2 aromatic rings. The van der Waals surface area contributed by atoms with Gasteiger partial charge in [0.2, 0.25) is 16.8 Å². The number of amides is 1. The molecule has 1 atom stereocenters. The SMILES string of the molecule is O=C(NCc1cccc(CCCc2ccc(C(F)(F)F)nc2)c1)C1CCCN1[SH](=O)=O. The Morgan fingerprint density at radius 3 is 2.55 bits per heavy atom. The standard InChI is InChI=1S/C21H24F3N3O3S/c22-21(23,24)19-10-9-16(13-25-19)6-1-4-15-5-2-7-17(12-15)14-26-20(28)18-8-3-11-27(18)31(29)30/h2,5,7,9-10,12-13,18,31H,1,3-4,6,8,11,14H2,(H,26,28). The molecule has 1 unspecified atom stereocenters. The maximum atomic E-state index is 12.6. The average molecular weight is 456 g/mol. The number of carbonyl (C=O) groups is 1. The van der Waals surface area contributed by atoms with Crippen LogP contribution in [0.4, 0.5) is 13.2 Å². The van der Waals surface area contributed by atoms with Crippen molar-refractivity contribution in [3.63, 3.8) is 0 Å². The highest BCUT2D eigenvalue weighted by atomic mass is 32.2. The smallest absolute Gasteiger partial charge is 0.351 e. The monoisotopic (exact) mass is 455 g/mol. The lowest BCUT2D eigenvalue weighted by Gasteiger charge is -2.17. The molecule has 168 valence electrons. The number of hydrogen-bond acceptors (Lipinski definition) is 4. The molecule has 1 aromatic heterocycles. The minimum atomic E-state index is -4.43. The molecule has 0 aliphatic carbocycles. The Labute approximate surface area is 180 Å². The fraction of sp³-hybridized carbons (Fsp3) is 0.429. The van der Waals surface area contributed by atoms with E-state index < -0.39 is 28.8 Å². The number of aromatic nitrogens is 1. The fourth-order valence-electron chi connectivity index (χ4n) is 3.65. The molecule has 0 radical (unpaired) electrons. The molecule has 0 bridgehead atoms. The first kappa shape index (κ1) is 23.2. The summed E-state index contributed by atoms with van der Waals surface area (Å²) in [6.07, 6.45) is 0.108. The molecule has 3 rings (SSSR count). The van der Waals surface area contributed by atoms with Gasteiger partial charge in [0.1, 0.15) is 11.7 Å². The molecule has 6 nitrogen and oxygen atoms in total. The van der Waals surface area contributed by atoms with E-state index in [1.165, 1.54) is 16.6 Å². The number of alkyl halides is 3. The van der Waals surface area contributed by atoms with Gasteiger partial charge >= 0.3 is 6.18 Å². The second-order valence-electron chi connectivity index (χ2n) is 7.50. The number of halogens is 3. The van der Waals surface area contributed by atoms with E-state index in [-0.39, 0.29) is 5.91 Å². The Morgan fingerprint density at radius 2 is 1.87 bits per heavy atom. The van der Waals surface area contributed by atoms with E-state index in [1.807, 2.05) is 24.3 Å². The molecule has 1 aliphatic rings. The van der Waals surface area contributed by atoms with Crippen molar-refractivity contribution in [2.45, 2.75) is 50.9 Å². The van der Waals surface area contributed by atoms with Crippen LogP contribution in [0.15, 0.2) is 42.6 Å². The van der Waals surface area contributed by atoms with Crippen LogP contribution >= 0.6 is 0 Å². The van der Waals surface area contributed by atoms with Crippen molar-refractivity contribution in [1.82, 2.24) is 14.6 Å². The molecule has 1 fully saturated rings. The van der Waals surface area contributed by atoms with Crippen LogP contribution in [0, 0.1) is 0 Å². The van der Waals surface area contributed by atoms with Gasteiger partial charge in [-0.2, -0.15) is 17.5 Å². The van der Waals surface area contributed by atoms with Gasteiger partial charge in [-0.25, -0.2) is 8.42 Å². The van der Waals surface area contributed by atoms with Crippen LogP contribution < -0.4 is 5.32 Å². The molecule has 0 saturated carbocycles. The van der Waals surface area contributed by atoms with E-state index in [4.69, 9.17) is 0 Å². The van der Waals surface area contributed by atoms with Crippen molar-refractivity contribution in [2.75, 3.05) is 6.54 Å². The predicted molar refractivity (Wildman–Crippen MR) is 110 cm³/mol. The summed E-state index contributed by atoms with van der Waals surface area (Å²) in [4.78, 5) is 15.8. The summed E-state index contributed by atoms with van der Waals surface area (Å²) in [5.41, 5.74) is 1.80. The number of nitrogens with one attached hydrogen (secondary N) is 1. The molecular formula is C21H24F3N3O3S. The van der Waals surface area contributed by atoms with Crippen LogP contribution in [-0.2, 0) is 41.2 Å². The van der Waals surface area contributed by atoms with E-state index >= 15 is 0 Å². The van der Waals surface area contributed by atoms with Gasteiger partial charge in [0, 0.05) is 19.3 Å². The number of nitrogens with zero attached hydrogens (tertiary/aromatic N) is 2. The second-order valence-corrected chi connectivity index (χ2v) is 8.49. The molecule has 1 aromatic carbocycles. The maximum Gasteiger partial charge on any atom is 0.433 e. The lowest BCUT2D eigenvalue weighted by atomic mass is 10.0. The van der Waals surface area contributed by atoms with Gasteiger partial charge in [0.05, 0.1) is 0 Å². The van der Waals surface area contributed by atoms with Crippen LogP contribution in [0.5, 0.6) is 0 Å². The van der Waals surface area contributed by atoms with Crippen LogP contribution in [-0.4, -0.2) is 36.2 Å². The van der Waals surface area contributed by atoms with Gasteiger partial charge in [0.25, 0.3) is 0 Å². The minimum absolute atomic E-state index is 0.295. The van der Waals surface area contributed by atoms with Gasteiger partial charge in [0.15, 0.2) is 0 Å². The number of benzene rings is 1. The first-order chi connectivity index (χ1) is 14.7. The fourth-order valence-corrected chi connectivity index (χ4v) is 4.40. The molecule has 1 aliphatic heterocycles. The van der Waals surface area contributed by atoms with Crippen LogP contribution in [0.3, 0.4) is 0 Å². The topological polar surface area (TPSA) is 79.4 Å². The van der Waals surface area contributed by atoms with Crippen molar-refractivity contribution >= 4 is 16.8 Å². The highest BCUT2D eigenvalue weighted by Crippen LogP contribution is 2.27. The maximum absolute atomic E-state index is 12.6. The third-order valence-electron chi connectivity index (χ3n) is 5.24. The van der Waals surface area contributed by atoms with Gasteiger partial charge in [-0.3, -0.25) is 9.78 Å². The summed E-state index contributed by atoms with van der Waals surface area (Å²) in [5, 5.41) is 2.80. The normalized spacial score (nSPS) is 17.2. The molecule has 10 heteroatoms. The van der Waals surface area contributed by atoms with Crippen LogP contribution in [0.2, 0.25) is 0 Å². The summed E-state index contributed by atoms with van der Waals surface area (Å²) in [6.45, 7) is 0.677. The summed E-state index contributed by atoms with van der Waals surface area (Å²) in [5.74, 6) is -0.295. The van der Waals surface area contributed by atoms with E-state index in [0.717, 1.165) is 35.6 Å². The number of hydrogen-bond donors (Lipinski definition) is 2.